The molecule has 0 aliphatic heterocycles. The molecule has 0 aliphatic carbocycles. The van der Waals surface area contributed by atoms with Crippen molar-refractivity contribution in [2.24, 2.45) is 5.73 Å². The van der Waals surface area contributed by atoms with Crippen molar-refractivity contribution in [3.8, 4) is 5.75 Å². The van der Waals surface area contributed by atoms with Crippen LogP contribution in [0.4, 0.5) is 8.78 Å². The number of ether oxygens (including phenoxy) is 1. The third-order valence-corrected chi connectivity index (χ3v) is 2.85. The highest BCUT2D eigenvalue weighted by atomic mass is 19.3. The summed E-state index contributed by atoms with van der Waals surface area (Å²) < 4.78 is 31.0. The molecule has 1 aromatic heterocycles. The molecular weight excluding hydrogens is 252 g/mol. The second kappa shape index (κ2) is 5.79. The molecule has 19 heavy (non-hydrogen) atoms. The Hall–Kier alpha value is -1.95. The summed E-state index contributed by atoms with van der Waals surface area (Å²) in [6, 6.07) is 6.12. The topological polar surface area (TPSA) is 53.1 Å². The highest BCUT2D eigenvalue weighted by Crippen LogP contribution is 2.26. The van der Waals surface area contributed by atoms with Crippen molar-refractivity contribution in [1.82, 2.24) is 9.55 Å². The number of imidazole rings is 1. The third-order valence-electron chi connectivity index (χ3n) is 2.85. The van der Waals surface area contributed by atoms with Crippen LogP contribution in [0.2, 0.25) is 0 Å². The summed E-state index contributed by atoms with van der Waals surface area (Å²) in [4.78, 5) is 4.09. The second-order valence-corrected chi connectivity index (χ2v) is 4.15. The van der Waals surface area contributed by atoms with E-state index in [1.807, 2.05) is 11.5 Å². The van der Waals surface area contributed by atoms with Gasteiger partial charge < -0.3 is 15.0 Å². The number of rotatable bonds is 5. The normalized spacial score (nSPS) is 12.7. The molecule has 1 aromatic carbocycles. The van der Waals surface area contributed by atoms with Gasteiger partial charge in [-0.3, -0.25) is 0 Å². The number of halogens is 2. The number of nitrogens with two attached hydrogens (primary N) is 1. The van der Waals surface area contributed by atoms with Crippen LogP contribution >= 0.6 is 0 Å². The molecule has 1 atom stereocenters. The SMILES string of the molecule is Cc1nccn1CC(N)c1ccccc1OC(F)F. The van der Waals surface area contributed by atoms with Gasteiger partial charge in [0.05, 0.1) is 6.04 Å². The first-order valence-corrected chi connectivity index (χ1v) is 5.85. The smallest absolute Gasteiger partial charge is 0.387 e. The Morgan fingerprint density at radius 3 is 2.74 bits per heavy atom. The number of hydrogen-bond acceptors (Lipinski definition) is 3. The Bertz CT molecular complexity index is 542. The molecule has 102 valence electrons. The van der Waals surface area contributed by atoms with Crippen molar-refractivity contribution in [1.29, 1.82) is 0 Å². The maximum Gasteiger partial charge on any atom is 0.387 e. The molecule has 1 unspecified atom stereocenters. The predicted molar refractivity (Wildman–Crippen MR) is 67.0 cm³/mol. The number of para-hydroxylation sites is 1. The molecule has 0 spiro atoms. The largest absolute Gasteiger partial charge is 0.434 e. The van der Waals surface area contributed by atoms with E-state index >= 15 is 0 Å². The van der Waals surface area contributed by atoms with Gasteiger partial charge in [0.2, 0.25) is 0 Å². The van der Waals surface area contributed by atoms with Gasteiger partial charge in [0, 0.05) is 24.5 Å². The summed E-state index contributed by atoms with van der Waals surface area (Å²) >= 11 is 0. The van der Waals surface area contributed by atoms with Gasteiger partial charge in [-0.05, 0) is 13.0 Å². The van der Waals surface area contributed by atoms with Crippen LogP contribution in [0.3, 0.4) is 0 Å². The van der Waals surface area contributed by atoms with Crippen LogP contribution in [0.1, 0.15) is 17.4 Å². The Labute approximate surface area is 109 Å². The molecular formula is C13H15F2N3O. The number of benzene rings is 1. The van der Waals surface area contributed by atoms with Gasteiger partial charge in [0.15, 0.2) is 0 Å². The van der Waals surface area contributed by atoms with Gasteiger partial charge in [-0.15, -0.1) is 0 Å². The maximum absolute atomic E-state index is 12.3. The third kappa shape index (κ3) is 3.29. The molecule has 2 N–H and O–H groups in total. The summed E-state index contributed by atoms with van der Waals surface area (Å²) in [7, 11) is 0. The summed E-state index contributed by atoms with van der Waals surface area (Å²) in [6.07, 6.45) is 3.47. The monoisotopic (exact) mass is 267 g/mol. The molecule has 0 saturated carbocycles. The predicted octanol–water partition coefficient (Wildman–Crippen LogP) is 2.49. The second-order valence-electron chi connectivity index (χ2n) is 4.15. The van der Waals surface area contributed by atoms with E-state index < -0.39 is 12.7 Å². The molecule has 4 nitrogen and oxygen atoms in total. The van der Waals surface area contributed by atoms with E-state index in [1.165, 1.54) is 6.07 Å². The highest BCUT2D eigenvalue weighted by molar-refractivity contribution is 5.35. The Morgan fingerprint density at radius 1 is 1.37 bits per heavy atom. The first kappa shape index (κ1) is 13.5. The van der Waals surface area contributed by atoms with Crippen molar-refractivity contribution < 1.29 is 13.5 Å². The average Bonchev–Trinajstić information content (AvgIpc) is 2.75. The minimum atomic E-state index is -2.86. The van der Waals surface area contributed by atoms with Gasteiger partial charge in [0.25, 0.3) is 0 Å². The van der Waals surface area contributed by atoms with Crippen molar-refractivity contribution >= 4 is 0 Å². The van der Waals surface area contributed by atoms with E-state index in [-0.39, 0.29) is 5.75 Å². The zero-order valence-corrected chi connectivity index (χ0v) is 10.5. The minimum Gasteiger partial charge on any atom is -0.434 e. The van der Waals surface area contributed by atoms with Crippen LogP contribution in [-0.2, 0) is 6.54 Å². The molecule has 0 fully saturated rings. The molecule has 0 bridgehead atoms. The summed E-state index contributed by atoms with van der Waals surface area (Å²) in [5.41, 5.74) is 6.61. The fraction of sp³-hybridized carbons (Fsp3) is 0.308. The molecule has 0 amide bonds. The summed E-state index contributed by atoms with van der Waals surface area (Å²) in [5, 5.41) is 0. The van der Waals surface area contributed by atoms with E-state index in [4.69, 9.17) is 5.73 Å². The molecule has 0 saturated heterocycles. The van der Waals surface area contributed by atoms with Gasteiger partial charge in [-0.1, -0.05) is 18.2 Å². The van der Waals surface area contributed by atoms with Crippen molar-refractivity contribution in [3.63, 3.8) is 0 Å². The van der Waals surface area contributed by atoms with E-state index in [2.05, 4.69) is 9.72 Å². The van der Waals surface area contributed by atoms with E-state index in [9.17, 15) is 8.78 Å². The first-order chi connectivity index (χ1) is 9.08. The average molecular weight is 267 g/mol. The van der Waals surface area contributed by atoms with Crippen LogP contribution in [0.5, 0.6) is 5.75 Å². The van der Waals surface area contributed by atoms with Crippen LogP contribution in [0.15, 0.2) is 36.7 Å². The Morgan fingerprint density at radius 2 is 2.11 bits per heavy atom. The van der Waals surface area contributed by atoms with E-state index in [0.717, 1.165) is 5.82 Å². The van der Waals surface area contributed by atoms with Gasteiger partial charge in [0.1, 0.15) is 11.6 Å². The lowest BCUT2D eigenvalue weighted by molar-refractivity contribution is -0.0506. The van der Waals surface area contributed by atoms with Crippen LogP contribution in [0.25, 0.3) is 0 Å². The lowest BCUT2D eigenvalue weighted by atomic mass is 10.1. The van der Waals surface area contributed by atoms with Crippen LogP contribution in [-0.4, -0.2) is 16.2 Å². The number of hydrogen-bond donors (Lipinski definition) is 1. The van der Waals surface area contributed by atoms with Crippen LogP contribution in [0, 0.1) is 6.92 Å². The summed E-state index contributed by atoms with van der Waals surface area (Å²) in [6.45, 7) is -0.549. The standard InChI is InChI=1S/C13H15F2N3O/c1-9-17-6-7-18(9)8-11(16)10-4-2-3-5-12(10)19-13(14)15/h2-7,11,13H,8,16H2,1H3. The number of alkyl halides is 2. The lowest BCUT2D eigenvalue weighted by Crippen LogP contribution is -2.19. The van der Waals surface area contributed by atoms with E-state index in [1.54, 1.807) is 30.6 Å². The Balaban J connectivity index is 2.19. The fourth-order valence-electron chi connectivity index (χ4n) is 1.90. The van der Waals surface area contributed by atoms with E-state index in [0.29, 0.717) is 12.1 Å². The van der Waals surface area contributed by atoms with Gasteiger partial charge >= 0.3 is 6.61 Å². The zero-order valence-electron chi connectivity index (χ0n) is 10.5. The van der Waals surface area contributed by atoms with Gasteiger partial charge in [-0.2, -0.15) is 8.78 Å². The number of aromatic nitrogens is 2. The minimum absolute atomic E-state index is 0.114. The van der Waals surface area contributed by atoms with Crippen molar-refractivity contribution in [3.05, 3.63) is 48.0 Å². The Kier molecular flexibility index (Phi) is 4.11. The zero-order chi connectivity index (χ0) is 13.8. The fourth-order valence-corrected chi connectivity index (χ4v) is 1.90. The van der Waals surface area contributed by atoms with Crippen molar-refractivity contribution in [2.45, 2.75) is 26.1 Å². The lowest BCUT2D eigenvalue weighted by Gasteiger charge is -2.17. The van der Waals surface area contributed by atoms with Gasteiger partial charge in [-0.25, -0.2) is 4.98 Å². The van der Waals surface area contributed by atoms with Crippen LogP contribution < -0.4 is 10.5 Å². The maximum atomic E-state index is 12.3. The number of aryl methyl sites for hydroxylation is 1. The molecule has 2 aromatic rings. The molecule has 2 rings (SSSR count). The highest BCUT2D eigenvalue weighted by Gasteiger charge is 2.15. The number of nitrogens with zero attached hydrogens (tertiary/aromatic N) is 2. The van der Waals surface area contributed by atoms with Crippen molar-refractivity contribution in [2.75, 3.05) is 0 Å². The first-order valence-electron chi connectivity index (χ1n) is 5.85. The molecule has 0 radical (unpaired) electrons. The molecule has 1 heterocycles. The molecule has 6 heteroatoms. The molecule has 0 aliphatic rings. The summed E-state index contributed by atoms with van der Waals surface area (Å²) in [5.74, 6) is 0.936. The quantitative estimate of drug-likeness (QED) is 0.905.